The molecule has 0 aliphatic carbocycles. The second-order valence-corrected chi connectivity index (χ2v) is 6.24. The van der Waals surface area contributed by atoms with Crippen molar-refractivity contribution in [1.29, 1.82) is 0 Å². The van der Waals surface area contributed by atoms with E-state index in [9.17, 15) is 9.90 Å². The number of nitrogens with one attached hydrogen (secondary N) is 1. The van der Waals surface area contributed by atoms with E-state index in [4.69, 9.17) is 14.2 Å². The van der Waals surface area contributed by atoms with E-state index in [2.05, 4.69) is 5.32 Å². The molecule has 0 aliphatic rings. The Hall–Kier alpha value is -2.73. The van der Waals surface area contributed by atoms with Crippen LogP contribution in [-0.2, 0) is 11.3 Å². The topological polar surface area (TPSA) is 77.0 Å². The summed E-state index contributed by atoms with van der Waals surface area (Å²) in [7, 11) is 3.17. The lowest BCUT2D eigenvalue weighted by Crippen LogP contribution is -2.40. The van der Waals surface area contributed by atoms with Crippen LogP contribution in [0.4, 0.5) is 0 Å². The summed E-state index contributed by atoms with van der Waals surface area (Å²) in [5, 5.41) is 12.3. The minimum Gasteiger partial charge on any atom is -0.496 e. The zero-order chi connectivity index (χ0) is 19.1. The zero-order valence-electron chi connectivity index (χ0n) is 15.5. The zero-order valence-corrected chi connectivity index (χ0v) is 15.5. The molecule has 0 fully saturated rings. The molecular weight excluding hydrogens is 334 g/mol. The first-order chi connectivity index (χ1) is 12.4. The van der Waals surface area contributed by atoms with Crippen molar-refractivity contribution in [2.45, 2.75) is 26.4 Å². The molecule has 0 aliphatic heterocycles. The van der Waals surface area contributed by atoms with Crippen LogP contribution in [-0.4, -0.2) is 31.3 Å². The predicted octanol–water partition coefficient (Wildman–Crippen LogP) is 3.69. The number of carbonyl (C=O) groups is 1. The van der Waals surface area contributed by atoms with Gasteiger partial charge in [-0.2, -0.15) is 0 Å². The highest BCUT2D eigenvalue weighted by Crippen LogP contribution is 2.30. The lowest BCUT2D eigenvalue weighted by Gasteiger charge is -2.18. The lowest BCUT2D eigenvalue weighted by molar-refractivity contribution is -0.140. The summed E-state index contributed by atoms with van der Waals surface area (Å²) < 4.78 is 16.3. The highest BCUT2D eigenvalue weighted by Gasteiger charge is 2.20. The van der Waals surface area contributed by atoms with Gasteiger partial charge in [0.1, 0.15) is 29.0 Å². The van der Waals surface area contributed by atoms with Gasteiger partial charge >= 0.3 is 5.97 Å². The molecule has 0 aromatic heterocycles. The second-order valence-electron chi connectivity index (χ2n) is 6.24. The number of hydrogen-bond acceptors (Lipinski definition) is 5. The van der Waals surface area contributed by atoms with Gasteiger partial charge in [-0.15, -0.1) is 0 Å². The first kappa shape index (κ1) is 19.6. The number of rotatable bonds is 9. The van der Waals surface area contributed by atoms with Crippen LogP contribution >= 0.6 is 0 Å². The molecule has 0 unspecified atom stereocenters. The van der Waals surface area contributed by atoms with Crippen molar-refractivity contribution >= 4 is 5.97 Å². The maximum Gasteiger partial charge on any atom is 0.320 e. The quantitative estimate of drug-likeness (QED) is 0.711. The molecule has 0 bridgehead atoms. The first-order valence-corrected chi connectivity index (χ1v) is 8.39. The molecule has 140 valence electrons. The Bertz CT molecular complexity index is 705. The third-order valence-corrected chi connectivity index (χ3v) is 3.94. The largest absolute Gasteiger partial charge is 0.496 e. The SMILES string of the molecule is COc1cc(OC)cc(Oc2ccc(CN[C@H](C(=O)O)C(C)C)cc2)c1. The van der Waals surface area contributed by atoms with Crippen molar-refractivity contribution < 1.29 is 24.1 Å². The average molecular weight is 359 g/mol. The minimum atomic E-state index is -0.841. The molecule has 0 saturated heterocycles. The van der Waals surface area contributed by atoms with E-state index in [-0.39, 0.29) is 5.92 Å². The summed E-state index contributed by atoms with van der Waals surface area (Å²) in [4.78, 5) is 11.2. The summed E-state index contributed by atoms with van der Waals surface area (Å²) in [6, 6.07) is 12.2. The molecule has 2 aromatic carbocycles. The van der Waals surface area contributed by atoms with E-state index >= 15 is 0 Å². The van der Waals surface area contributed by atoms with Gasteiger partial charge in [-0.05, 0) is 23.6 Å². The Kier molecular flexibility index (Phi) is 6.86. The van der Waals surface area contributed by atoms with Crippen LogP contribution in [0.3, 0.4) is 0 Å². The molecule has 0 amide bonds. The molecule has 26 heavy (non-hydrogen) atoms. The number of benzene rings is 2. The van der Waals surface area contributed by atoms with Crippen LogP contribution in [0.5, 0.6) is 23.0 Å². The second kappa shape index (κ2) is 9.10. The van der Waals surface area contributed by atoms with Crippen molar-refractivity contribution in [3.63, 3.8) is 0 Å². The minimum absolute atomic E-state index is 0.0122. The first-order valence-electron chi connectivity index (χ1n) is 8.39. The molecule has 6 nitrogen and oxygen atoms in total. The van der Waals surface area contributed by atoms with Crippen LogP contribution in [0.15, 0.2) is 42.5 Å². The van der Waals surface area contributed by atoms with E-state index in [1.807, 2.05) is 38.1 Å². The highest BCUT2D eigenvalue weighted by molar-refractivity contribution is 5.73. The fourth-order valence-electron chi connectivity index (χ4n) is 2.49. The molecule has 0 heterocycles. The third-order valence-electron chi connectivity index (χ3n) is 3.94. The van der Waals surface area contributed by atoms with E-state index in [1.165, 1.54) is 0 Å². The monoisotopic (exact) mass is 359 g/mol. The predicted molar refractivity (Wildman–Crippen MR) is 99.2 cm³/mol. The average Bonchev–Trinajstić information content (AvgIpc) is 2.62. The Balaban J connectivity index is 2.02. The Morgan fingerprint density at radius 2 is 1.50 bits per heavy atom. The molecular formula is C20H25NO5. The molecule has 0 spiro atoms. The summed E-state index contributed by atoms with van der Waals surface area (Å²) >= 11 is 0. The van der Waals surface area contributed by atoms with E-state index in [1.54, 1.807) is 32.4 Å². The third kappa shape index (κ3) is 5.39. The van der Waals surface area contributed by atoms with Gasteiger partial charge in [0.15, 0.2) is 0 Å². The fraction of sp³-hybridized carbons (Fsp3) is 0.350. The number of carboxylic acid groups (broad SMARTS) is 1. The van der Waals surface area contributed by atoms with Crippen molar-refractivity contribution in [3.8, 4) is 23.0 Å². The number of methoxy groups -OCH3 is 2. The van der Waals surface area contributed by atoms with Gasteiger partial charge in [-0.1, -0.05) is 26.0 Å². The Morgan fingerprint density at radius 1 is 0.962 bits per heavy atom. The van der Waals surface area contributed by atoms with E-state index < -0.39 is 12.0 Å². The van der Waals surface area contributed by atoms with Crippen LogP contribution in [0.1, 0.15) is 19.4 Å². The van der Waals surface area contributed by atoms with E-state index in [0.29, 0.717) is 29.5 Å². The van der Waals surface area contributed by atoms with Gasteiger partial charge in [0.25, 0.3) is 0 Å². The van der Waals surface area contributed by atoms with Crippen LogP contribution in [0.25, 0.3) is 0 Å². The molecule has 6 heteroatoms. The van der Waals surface area contributed by atoms with Crippen molar-refractivity contribution in [2.24, 2.45) is 5.92 Å². The highest BCUT2D eigenvalue weighted by atomic mass is 16.5. The number of aliphatic carboxylic acids is 1. The Morgan fingerprint density at radius 3 is 1.96 bits per heavy atom. The molecule has 2 rings (SSSR count). The van der Waals surface area contributed by atoms with Crippen molar-refractivity contribution in [3.05, 3.63) is 48.0 Å². The maximum absolute atomic E-state index is 11.2. The number of ether oxygens (including phenoxy) is 3. The molecule has 0 saturated carbocycles. The normalized spacial score (nSPS) is 11.9. The van der Waals surface area contributed by atoms with Gasteiger partial charge in [-0.25, -0.2) is 0 Å². The number of carboxylic acids is 1. The van der Waals surface area contributed by atoms with Crippen LogP contribution < -0.4 is 19.5 Å². The van der Waals surface area contributed by atoms with Gasteiger partial charge in [0.2, 0.25) is 0 Å². The summed E-state index contributed by atoms with van der Waals surface area (Å²) in [5.74, 6) is 1.74. The van der Waals surface area contributed by atoms with Crippen molar-refractivity contribution in [1.82, 2.24) is 5.32 Å². The van der Waals surface area contributed by atoms with Gasteiger partial charge in [0.05, 0.1) is 14.2 Å². The molecule has 2 N–H and O–H groups in total. The molecule has 2 aromatic rings. The summed E-state index contributed by atoms with van der Waals surface area (Å²) in [5.41, 5.74) is 0.979. The van der Waals surface area contributed by atoms with E-state index in [0.717, 1.165) is 5.56 Å². The van der Waals surface area contributed by atoms with Gasteiger partial charge in [0, 0.05) is 24.7 Å². The summed E-state index contributed by atoms with van der Waals surface area (Å²) in [6.45, 7) is 4.23. The lowest BCUT2D eigenvalue weighted by atomic mass is 10.0. The fourth-order valence-corrected chi connectivity index (χ4v) is 2.49. The molecule has 0 radical (unpaired) electrons. The van der Waals surface area contributed by atoms with Crippen LogP contribution in [0, 0.1) is 5.92 Å². The van der Waals surface area contributed by atoms with Crippen LogP contribution in [0.2, 0.25) is 0 Å². The maximum atomic E-state index is 11.2. The van der Waals surface area contributed by atoms with Gasteiger partial charge < -0.3 is 24.6 Å². The number of hydrogen-bond donors (Lipinski definition) is 2. The van der Waals surface area contributed by atoms with Crippen molar-refractivity contribution in [2.75, 3.05) is 14.2 Å². The molecule has 1 atom stereocenters. The standard InChI is InChI=1S/C20H25NO5/c1-13(2)19(20(22)23)21-12-14-5-7-15(8-6-14)26-18-10-16(24-3)9-17(11-18)25-4/h5-11,13,19,21H,12H2,1-4H3,(H,22,23)/t19-/m0/s1. The Labute approximate surface area is 153 Å². The summed E-state index contributed by atoms with van der Waals surface area (Å²) in [6.07, 6.45) is 0. The van der Waals surface area contributed by atoms with Gasteiger partial charge in [-0.3, -0.25) is 4.79 Å². The smallest absolute Gasteiger partial charge is 0.320 e.